The van der Waals surface area contributed by atoms with Gasteiger partial charge >= 0.3 is 6.09 Å². The van der Waals surface area contributed by atoms with E-state index < -0.39 is 0 Å². The number of ether oxygens (including phenoxy) is 1. The summed E-state index contributed by atoms with van der Waals surface area (Å²) in [5.74, 6) is -0.0589. The number of aromatic nitrogens is 2. The van der Waals surface area contributed by atoms with Crippen LogP contribution in [0.2, 0.25) is 0 Å². The molecule has 1 aliphatic heterocycles. The van der Waals surface area contributed by atoms with E-state index in [1.807, 2.05) is 50.4 Å². The minimum Gasteiger partial charge on any atom is -0.450 e. The largest absolute Gasteiger partial charge is 0.450 e. The molecule has 1 aliphatic rings. The summed E-state index contributed by atoms with van der Waals surface area (Å²) in [6.07, 6.45) is 3.92. The second kappa shape index (κ2) is 10.2. The van der Waals surface area contributed by atoms with E-state index in [1.54, 1.807) is 11.8 Å². The molecule has 8 heteroatoms. The average Bonchev–Trinajstić information content (AvgIpc) is 3.28. The highest BCUT2D eigenvalue weighted by Gasteiger charge is 2.28. The van der Waals surface area contributed by atoms with E-state index in [9.17, 15) is 9.59 Å². The molecule has 1 fully saturated rings. The minimum absolute atomic E-state index is 0.0767. The fourth-order valence-corrected chi connectivity index (χ4v) is 4.48. The molecule has 1 atom stereocenters. The van der Waals surface area contributed by atoms with Crippen LogP contribution in [0.4, 0.5) is 10.5 Å². The Kier molecular flexibility index (Phi) is 7.05. The Morgan fingerprint density at radius 3 is 2.38 bits per heavy atom. The Hall–Kier alpha value is -3.55. The lowest BCUT2D eigenvalue weighted by molar-refractivity contribution is -0.133. The molecule has 2 aromatic heterocycles. The van der Waals surface area contributed by atoms with E-state index in [1.165, 1.54) is 0 Å². The number of hydrogen-bond donors (Lipinski definition) is 0. The van der Waals surface area contributed by atoms with Crippen LogP contribution in [0.15, 0.2) is 48.8 Å². The first-order chi connectivity index (χ1) is 16.4. The highest BCUT2D eigenvalue weighted by atomic mass is 16.6. The fraction of sp³-hybridized carbons (Fsp3) is 0.423. The predicted octanol–water partition coefficient (Wildman–Crippen LogP) is 3.53. The molecule has 0 aliphatic carbocycles. The number of anilines is 1. The average molecular weight is 464 g/mol. The summed E-state index contributed by atoms with van der Waals surface area (Å²) >= 11 is 0. The molecule has 0 saturated carbocycles. The second-order valence-corrected chi connectivity index (χ2v) is 8.88. The third kappa shape index (κ3) is 4.85. The van der Waals surface area contributed by atoms with Gasteiger partial charge < -0.3 is 23.8 Å². The van der Waals surface area contributed by atoms with E-state index >= 15 is 0 Å². The lowest BCUT2D eigenvalue weighted by Gasteiger charge is -2.34. The van der Waals surface area contributed by atoms with Crippen molar-refractivity contribution in [1.82, 2.24) is 19.2 Å². The normalized spacial score (nSPS) is 14.8. The zero-order valence-corrected chi connectivity index (χ0v) is 20.4. The standard InChI is InChI=1S/C26H33N5O3/c1-5-34-26(33)30-15-13-29(14-16-30)24(32)17-22(20-8-10-21(11-9-20)28(3)4)23-18-27-25-19(2)7-6-12-31(23)25/h6-12,18,22H,5,13-17H2,1-4H3. The van der Waals surface area contributed by atoms with Gasteiger partial charge in [0.05, 0.1) is 12.3 Å². The topological polar surface area (TPSA) is 70.4 Å². The maximum atomic E-state index is 13.4. The van der Waals surface area contributed by atoms with Crippen molar-refractivity contribution in [3.05, 3.63) is 65.6 Å². The lowest BCUT2D eigenvalue weighted by atomic mass is 9.91. The third-order valence-electron chi connectivity index (χ3n) is 6.47. The summed E-state index contributed by atoms with van der Waals surface area (Å²) in [4.78, 5) is 35.6. The van der Waals surface area contributed by atoms with Gasteiger partial charge in [-0.3, -0.25) is 4.79 Å². The van der Waals surface area contributed by atoms with Crippen LogP contribution in [0, 0.1) is 6.92 Å². The molecule has 1 saturated heterocycles. The fourth-order valence-electron chi connectivity index (χ4n) is 4.48. The van der Waals surface area contributed by atoms with Gasteiger partial charge in [0, 0.05) is 70.7 Å². The summed E-state index contributed by atoms with van der Waals surface area (Å²) in [7, 11) is 4.03. The Morgan fingerprint density at radius 2 is 1.74 bits per heavy atom. The van der Waals surface area contributed by atoms with Gasteiger partial charge in [-0.1, -0.05) is 18.2 Å². The summed E-state index contributed by atoms with van der Waals surface area (Å²) in [6.45, 7) is 6.19. The smallest absolute Gasteiger partial charge is 0.409 e. The quantitative estimate of drug-likeness (QED) is 0.559. The predicted molar refractivity (Wildman–Crippen MR) is 132 cm³/mol. The van der Waals surface area contributed by atoms with Crippen LogP contribution in [0.3, 0.4) is 0 Å². The van der Waals surface area contributed by atoms with Gasteiger partial charge in [0.2, 0.25) is 5.91 Å². The minimum atomic E-state index is -0.311. The number of aryl methyl sites for hydroxylation is 1. The highest BCUT2D eigenvalue weighted by Crippen LogP contribution is 2.31. The summed E-state index contributed by atoms with van der Waals surface area (Å²) < 4.78 is 7.18. The van der Waals surface area contributed by atoms with Crippen molar-refractivity contribution < 1.29 is 14.3 Å². The van der Waals surface area contributed by atoms with E-state index in [-0.39, 0.29) is 17.9 Å². The summed E-state index contributed by atoms with van der Waals surface area (Å²) in [5, 5.41) is 0. The van der Waals surface area contributed by atoms with Crippen LogP contribution in [0.25, 0.3) is 5.65 Å². The van der Waals surface area contributed by atoms with Crippen molar-refractivity contribution in [3.63, 3.8) is 0 Å². The van der Waals surface area contributed by atoms with Crippen LogP contribution in [0.5, 0.6) is 0 Å². The molecule has 180 valence electrons. The summed E-state index contributed by atoms with van der Waals surface area (Å²) in [6, 6.07) is 12.4. The van der Waals surface area contributed by atoms with Crippen LogP contribution >= 0.6 is 0 Å². The Balaban J connectivity index is 1.58. The third-order valence-corrected chi connectivity index (χ3v) is 6.47. The van der Waals surface area contributed by atoms with Gasteiger partial charge in [0.1, 0.15) is 5.65 Å². The van der Waals surface area contributed by atoms with E-state index in [4.69, 9.17) is 4.74 Å². The van der Waals surface area contributed by atoms with Crippen LogP contribution in [0.1, 0.15) is 36.1 Å². The van der Waals surface area contributed by atoms with Crippen LogP contribution in [-0.2, 0) is 9.53 Å². The lowest BCUT2D eigenvalue weighted by Crippen LogP contribution is -2.51. The number of benzene rings is 1. The van der Waals surface area contributed by atoms with E-state index in [2.05, 4.69) is 38.6 Å². The number of pyridine rings is 1. The van der Waals surface area contributed by atoms with Gasteiger partial charge in [-0.25, -0.2) is 9.78 Å². The number of nitrogens with zero attached hydrogens (tertiary/aromatic N) is 5. The molecule has 0 N–H and O–H groups in total. The molecule has 34 heavy (non-hydrogen) atoms. The SMILES string of the molecule is CCOC(=O)N1CCN(C(=O)CC(c2ccc(N(C)C)cc2)c2cnc3c(C)cccn23)CC1. The van der Waals surface area contributed by atoms with Gasteiger partial charge in [0.15, 0.2) is 0 Å². The van der Waals surface area contributed by atoms with Crippen molar-refractivity contribution in [2.45, 2.75) is 26.2 Å². The van der Waals surface area contributed by atoms with Crippen LogP contribution in [-0.4, -0.2) is 78.1 Å². The van der Waals surface area contributed by atoms with E-state index in [0.717, 1.165) is 28.2 Å². The number of hydrogen-bond acceptors (Lipinski definition) is 5. The molecule has 0 bridgehead atoms. The molecular formula is C26H33N5O3. The van der Waals surface area contributed by atoms with E-state index in [0.29, 0.717) is 39.2 Å². The first-order valence-electron chi connectivity index (χ1n) is 11.8. The van der Waals surface area contributed by atoms with Crippen molar-refractivity contribution in [2.24, 2.45) is 0 Å². The number of piperazine rings is 1. The van der Waals surface area contributed by atoms with Crippen molar-refractivity contribution in [2.75, 3.05) is 51.8 Å². The second-order valence-electron chi connectivity index (χ2n) is 8.88. The zero-order chi connectivity index (χ0) is 24.2. The molecule has 2 amide bonds. The molecule has 1 unspecified atom stereocenters. The number of carbonyl (C=O) groups is 2. The van der Waals surface area contributed by atoms with Gasteiger partial charge in [-0.05, 0) is 43.2 Å². The first kappa shape index (κ1) is 23.6. The van der Waals surface area contributed by atoms with Gasteiger partial charge in [-0.2, -0.15) is 0 Å². The number of imidazole rings is 1. The number of carbonyl (C=O) groups excluding carboxylic acids is 2. The Bertz CT molecular complexity index is 1150. The van der Waals surface area contributed by atoms with Gasteiger partial charge in [0.25, 0.3) is 0 Å². The first-order valence-corrected chi connectivity index (χ1v) is 11.8. The summed E-state index contributed by atoms with van der Waals surface area (Å²) in [5.41, 5.74) is 5.18. The number of fused-ring (bicyclic) bond motifs is 1. The molecule has 1 aromatic carbocycles. The van der Waals surface area contributed by atoms with Crippen molar-refractivity contribution in [1.29, 1.82) is 0 Å². The molecule has 8 nitrogen and oxygen atoms in total. The Labute approximate surface area is 200 Å². The Morgan fingerprint density at radius 1 is 1.06 bits per heavy atom. The van der Waals surface area contributed by atoms with Crippen LogP contribution < -0.4 is 4.90 Å². The molecule has 3 heterocycles. The molecule has 4 rings (SSSR count). The molecule has 0 radical (unpaired) electrons. The van der Waals surface area contributed by atoms with Gasteiger partial charge in [-0.15, -0.1) is 0 Å². The number of amides is 2. The molecular weight excluding hydrogens is 430 g/mol. The maximum absolute atomic E-state index is 13.4. The maximum Gasteiger partial charge on any atom is 0.409 e. The van der Waals surface area contributed by atoms with Crippen molar-refractivity contribution in [3.8, 4) is 0 Å². The molecule has 3 aromatic rings. The number of rotatable bonds is 6. The van der Waals surface area contributed by atoms with Crippen molar-refractivity contribution >= 4 is 23.3 Å². The molecule has 0 spiro atoms. The zero-order valence-electron chi connectivity index (χ0n) is 20.4. The monoisotopic (exact) mass is 463 g/mol. The highest BCUT2D eigenvalue weighted by molar-refractivity contribution is 5.78.